The largest absolute Gasteiger partial charge is 0.330 e. The van der Waals surface area contributed by atoms with Gasteiger partial charge in [-0.25, -0.2) is 8.42 Å². The van der Waals surface area contributed by atoms with Gasteiger partial charge < -0.3 is 5.73 Å². The van der Waals surface area contributed by atoms with E-state index in [0.717, 1.165) is 12.7 Å². The molecule has 2 N–H and O–H groups in total. The highest BCUT2D eigenvalue weighted by Crippen LogP contribution is 2.13. The normalized spacial score (nSPS) is 14.2. The molecule has 0 rings (SSSR count). The van der Waals surface area contributed by atoms with Crippen LogP contribution in [0.1, 0.15) is 26.7 Å². The Morgan fingerprint density at radius 3 is 2.20 bits per heavy atom. The van der Waals surface area contributed by atoms with Crippen molar-refractivity contribution >= 4 is 15.6 Å². The van der Waals surface area contributed by atoms with E-state index < -0.39 is 9.84 Å². The quantitative estimate of drug-likeness (QED) is 0.701. The van der Waals surface area contributed by atoms with Gasteiger partial charge >= 0.3 is 0 Å². The van der Waals surface area contributed by atoms with Crippen LogP contribution in [0.25, 0.3) is 0 Å². The van der Waals surface area contributed by atoms with Gasteiger partial charge in [-0.15, -0.1) is 0 Å². The summed E-state index contributed by atoms with van der Waals surface area (Å²) in [4.78, 5) is 11.6. The van der Waals surface area contributed by atoms with E-state index in [-0.39, 0.29) is 23.9 Å². The number of Topliss-reactive ketones (excluding diaryl/α,β-unsaturated/α-hetero) is 1. The monoisotopic (exact) mass is 235 g/mol. The van der Waals surface area contributed by atoms with Crippen LogP contribution in [0.2, 0.25) is 0 Å². The highest BCUT2D eigenvalue weighted by atomic mass is 32.2. The van der Waals surface area contributed by atoms with Crippen molar-refractivity contribution in [2.24, 2.45) is 17.6 Å². The van der Waals surface area contributed by atoms with Gasteiger partial charge in [-0.05, 0) is 12.3 Å². The smallest absolute Gasteiger partial charge is 0.147 e. The van der Waals surface area contributed by atoms with Crippen molar-refractivity contribution in [3.8, 4) is 0 Å². The Bertz CT molecular complexity index is 296. The van der Waals surface area contributed by atoms with E-state index in [4.69, 9.17) is 5.73 Å². The van der Waals surface area contributed by atoms with E-state index in [9.17, 15) is 13.2 Å². The summed E-state index contributed by atoms with van der Waals surface area (Å²) in [7, 11) is -3.05. The van der Waals surface area contributed by atoms with Crippen molar-refractivity contribution in [2.75, 3.05) is 18.6 Å². The van der Waals surface area contributed by atoms with Crippen LogP contribution in [0.3, 0.4) is 0 Å². The Morgan fingerprint density at radius 1 is 1.33 bits per heavy atom. The maximum absolute atomic E-state index is 11.6. The minimum Gasteiger partial charge on any atom is -0.330 e. The molecule has 4 nitrogen and oxygen atoms in total. The van der Waals surface area contributed by atoms with Crippen LogP contribution in [0.5, 0.6) is 0 Å². The lowest BCUT2D eigenvalue weighted by Crippen LogP contribution is -2.26. The van der Waals surface area contributed by atoms with E-state index in [2.05, 4.69) is 0 Å². The average molecular weight is 235 g/mol. The number of hydrogen-bond donors (Lipinski definition) is 1. The van der Waals surface area contributed by atoms with Gasteiger partial charge in [-0.1, -0.05) is 13.8 Å². The second kappa shape index (κ2) is 6.23. The van der Waals surface area contributed by atoms with E-state index in [1.807, 2.05) is 13.8 Å². The number of carbonyl (C=O) groups excluding carboxylic acids is 1. The number of nitrogens with two attached hydrogens (primary N) is 1. The van der Waals surface area contributed by atoms with E-state index >= 15 is 0 Å². The molecule has 0 fully saturated rings. The molecule has 1 unspecified atom stereocenters. The molecule has 90 valence electrons. The minimum absolute atomic E-state index is 0.0309. The molecule has 0 aliphatic heterocycles. The average Bonchev–Trinajstić information content (AvgIpc) is 2.08. The van der Waals surface area contributed by atoms with Gasteiger partial charge in [0, 0.05) is 25.1 Å². The van der Waals surface area contributed by atoms with Crippen molar-refractivity contribution in [1.29, 1.82) is 0 Å². The van der Waals surface area contributed by atoms with Gasteiger partial charge in [0.2, 0.25) is 0 Å². The molecule has 0 bridgehead atoms. The molecule has 0 saturated heterocycles. The molecule has 0 aromatic heterocycles. The van der Waals surface area contributed by atoms with Crippen LogP contribution in [0.15, 0.2) is 0 Å². The van der Waals surface area contributed by atoms with E-state index in [0.29, 0.717) is 12.5 Å². The molecule has 0 spiro atoms. The van der Waals surface area contributed by atoms with Gasteiger partial charge in [0.15, 0.2) is 0 Å². The Hall–Kier alpha value is -0.420. The number of hydrogen-bond acceptors (Lipinski definition) is 4. The molecule has 0 heterocycles. The van der Waals surface area contributed by atoms with Gasteiger partial charge in [-0.3, -0.25) is 4.79 Å². The van der Waals surface area contributed by atoms with Crippen molar-refractivity contribution in [2.45, 2.75) is 26.7 Å². The maximum atomic E-state index is 11.6. The lowest BCUT2D eigenvalue weighted by molar-refractivity contribution is -0.122. The first-order valence-corrected chi connectivity index (χ1v) is 7.22. The number of ketones is 1. The van der Waals surface area contributed by atoms with Crippen LogP contribution in [0.4, 0.5) is 0 Å². The second-order valence-electron chi connectivity index (χ2n) is 4.41. The topological polar surface area (TPSA) is 77.2 Å². The third-order valence-electron chi connectivity index (χ3n) is 2.22. The van der Waals surface area contributed by atoms with Crippen LogP contribution in [-0.2, 0) is 14.6 Å². The summed E-state index contributed by atoms with van der Waals surface area (Å²) < 4.78 is 21.8. The molecule has 0 aliphatic carbocycles. The lowest BCUT2D eigenvalue weighted by Gasteiger charge is -2.15. The first-order valence-electron chi connectivity index (χ1n) is 5.16. The van der Waals surface area contributed by atoms with Crippen LogP contribution in [-0.4, -0.2) is 32.8 Å². The standard InChI is InChI=1S/C10H21NO3S/c1-8(2)6-9(7-11)10(12)4-5-15(3,13)14/h8-9H,4-7,11H2,1-3H3. The summed E-state index contributed by atoms with van der Waals surface area (Å²) in [6.07, 6.45) is 1.96. The summed E-state index contributed by atoms with van der Waals surface area (Å²) >= 11 is 0. The van der Waals surface area contributed by atoms with Crippen LogP contribution >= 0.6 is 0 Å². The molecule has 0 aromatic carbocycles. The molecular weight excluding hydrogens is 214 g/mol. The highest BCUT2D eigenvalue weighted by molar-refractivity contribution is 7.90. The lowest BCUT2D eigenvalue weighted by atomic mass is 9.92. The summed E-state index contributed by atoms with van der Waals surface area (Å²) in [5.74, 6) is 0.115. The van der Waals surface area contributed by atoms with Crippen molar-refractivity contribution < 1.29 is 13.2 Å². The molecule has 0 aliphatic rings. The van der Waals surface area contributed by atoms with Gasteiger partial charge in [0.25, 0.3) is 0 Å². The summed E-state index contributed by atoms with van der Waals surface area (Å²) in [6, 6.07) is 0. The number of carbonyl (C=O) groups is 1. The van der Waals surface area contributed by atoms with Crippen LogP contribution < -0.4 is 5.73 Å². The fourth-order valence-electron chi connectivity index (χ4n) is 1.42. The molecule has 5 heteroatoms. The third kappa shape index (κ3) is 7.50. The predicted octanol–water partition coefficient (Wildman–Crippen LogP) is 0.611. The molecular formula is C10H21NO3S. The first kappa shape index (κ1) is 14.6. The second-order valence-corrected chi connectivity index (χ2v) is 6.67. The Balaban J connectivity index is 4.17. The summed E-state index contributed by atoms with van der Waals surface area (Å²) in [6.45, 7) is 4.35. The third-order valence-corrected chi connectivity index (χ3v) is 3.16. The SMILES string of the molecule is CC(C)CC(CN)C(=O)CCS(C)(=O)=O. The fourth-order valence-corrected chi connectivity index (χ4v) is 1.99. The molecule has 1 atom stereocenters. The summed E-state index contributed by atoms with van der Waals surface area (Å²) in [5.41, 5.74) is 5.49. The van der Waals surface area contributed by atoms with Gasteiger partial charge in [0.05, 0.1) is 5.75 Å². The number of sulfone groups is 1. The van der Waals surface area contributed by atoms with Gasteiger partial charge in [-0.2, -0.15) is 0 Å². The van der Waals surface area contributed by atoms with Crippen molar-refractivity contribution in [3.05, 3.63) is 0 Å². The Morgan fingerprint density at radius 2 is 1.87 bits per heavy atom. The fraction of sp³-hybridized carbons (Fsp3) is 0.900. The maximum Gasteiger partial charge on any atom is 0.147 e. The Kier molecular flexibility index (Phi) is 6.05. The summed E-state index contributed by atoms with van der Waals surface area (Å²) in [5, 5.41) is 0. The zero-order valence-corrected chi connectivity index (χ0v) is 10.5. The van der Waals surface area contributed by atoms with Gasteiger partial charge in [0.1, 0.15) is 15.6 Å². The molecule has 15 heavy (non-hydrogen) atoms. The predicted molar refractivity (Wildman–Crippen MR) is 61.3 cm³/mol. The zero-order chi connectivity index (χ0) is 12.1. The minimum atomic E-state index is -3.05. The van der Waals surface area contributed by atoms with Crippen molar-refractivity contribution in [1.82, 2.24) is 0 Å². The Labute approximate surface area is 92.2 Å². The molecule has 0 aromatic rings. The van der Waals surface area contributed by atoms with E-state index in [1.165, 1.54) is 0 Å². The van der Waals surface area contributed by atoms with Crippen LogP contribution in [0, 0.1) is 11.8 Å². The highest BCUT2D eigenvalue weighted by Gasteiger charge is 2.19. The zero-order valence-electron chi connectivity index (χ0n) is 9.69. The molecule has 0 saturated carbocycles. The van der Waals surface area contributed by atoms with Crippen molar-refractivity contribution in [3.63, 3.8) is 0 Å². The first-order chi connectivity index (χ1) is 6.76. The molecule has 0 amide bonds. The van der Waals surface area contributed by atoms with E-state index in [1.54, 1.807) is 0 Å². The number of rotatable bonds is 7. The molecule has 0 radical (unpaired) electrons.